The van der Waals surface area contributed by atoms with Crippen molar-refractivity contribution in [1.29, 1.82) is 0 Å². The average Bonchev–Trinajstić information content (AvgIpc) is 2.86. The van der Waals surface area contributed by atoms with Gasteiger partial charge in [-0.2, -0.15) is 0 Å². The van der Waals surface area contributed by atoms with E-state index in [9.17, 15) is 4.79 Å². The third-order valence-electron chi connectivity index (χ3n) is 2.52. The second kappa shape index (κ2) is 6.19. The van der Waals surface area contributed by atoms with Crippen molar-refractivity contribution in [3.63, 3.8) is 0 Å². The Labute approximate surface area is 120 Å². The Balaban J connectivity index is 2.10. The fourth-order valence-electron chi connectivity index (χ4n) is 1.56. The molecule has 0 fully saturated rings. The summed E-state index contributed by atoms with van der Waals surface area (Å²) >= 11 is 7.26. The Morgan fingerprint density at radius 1 is 1.32 bits per heavy atom. The maximum absolute atomic E-state index is 11.8. The van der Waals surface area contributed by atoms with Crippen LogP contribution in [0.3, 0.4) is 0 Å². The summed E-state index contributed by atoms with van der Waals surface area (Å²) in [6, 6.07) is 11.2. The molecule has 0 saturated carbocycles. The summed E-state index contributed by atoms with van der Waals surface area (Å²) in [7, 11) is 0. The number of aliphatic hydroxyl groups excluding tert-OH is 1. The molecule has 1 atom stereocenters. The van der Waals surface area contributed by atoms with Gasteiger partial charge in [0.15, 0.2) is 0 Å². The number of hydrogen-bond acceptors (Lipinski definition) is 3. The third-order valence-corrected chi connectivity index (χ3v) is 3.90. The summed E-state index contributed by atoms with van der Waals surface area (Å²) in [5.41, 5.74) is 1.03. The van der Waals surface area contributed by atoms with Crippen LogP contribution in [-0.4, -0.2) is 23.7 Å². The lowest BCUT2D eigenvalue weighted by molar-refractivity contribution is 0.0928. The number of rotatable bonds is 4. The van der Waals surface area contributed by atoms with Gasteiger partial charge in [-0.05, 0) is 36.8 Å². The summed E-state index contributed by atoms with van der Waals surface area (Å²) in [4.78, 5) is 13.5. The predicted molar refractivity (Wildman–Crippen MR) is 78.8 cm³/mol. The summed E-state index contributed by atoms with van der Waals surface area (Å²) < 4.78 is 0. The first-order chi connectivity index (χ1) is 9.06. The maximum atomic E-state index is 11.8. The van der Waals surface area contributed by atoms with Crippen LogP contribution in [0.1, 0.15) is 16.6 Å². The first-order valence-corrected chi connectivity index (χ1v) is 7.08. The van der Waals surface area contributed by atoms with Crippen molar-refractivity contribution >= 4 is 28.8 Å². The molecule has 0 bridgehead atoms. The van der Waals surface area contributed by atoms with E-state index in [2.05, 4.69) is 5.32 Å². The molecule has 3 nitrogen and oxygen atoms in total. The van der Waals surface area contributed by atoms with E-state index >= 15 is 0 Å². The van der Waals surface area contributed by atoms with Gasteiger partial charge in [-0.25, -0.2) is 0 Å². The minimum Gasteiger partial charge on any atom is -0.392 e. The van der Waals surface area contributed by atoms with Crippen LogP contribution in [-0.2, 0) is 0 Å². The van der Waals surface area contributed by atoms with Gasteiger partial charge in [-0.1, -0.05) is 23.7 Å². The maximum Gasteiger partial charge on any atom is 0.261 e. The van der Waals surface area contributed by atoms with Gasteiger partial charge in [0.05, 0.1) is 11.0 Å². The van der Waals surface area contributed by atoms with Crippen LogP contribution in [0, 0.1) is 0 Å². The number of aliphatic hydroxyl groups is 1. The molecule has 0 aliphatic heterocycles. The van der Waals surface area contributed by atoms with Crippen molar-refractivity contribution in [2.45, 2.75) is 13.0 Å². The minimum absolute atomic E-state index is 0.161. The number of carbonyl (C=O) groups excluding carboxylic acids is 1. The summed E-state index contributed by atoms with van der Waals surface area (Å²) in [5.74, 6) is -0.161. The lowest BCUT2D eigenvalue weighted by Crippen LogP contribution is -2.29. The lowest BCUT2D eigenvalue weighted by Gasteiger charge is -2.05. The molecule has 0 aliphatic rings. The Morgan fingerprint density at radius 2 is 2.00 bits per heavy atom. The molecule has 19 heavy (non-hydrogen) atoms. The average molecular weight is 296 g/mol. The Hall–Kier alpha value is -1.36. The zero-order valence-electron chi connectivity index (χ0n) is 10.4. The van der Waals surface area contributed by atoms with Gasteiger partial charge in [-0.3, -0.25) is 4.79 Å². The molecule has 5 heteroatoms. The number of nitrogens with one attached hydrogen (secondary N) is 1. The van der Waals surface area contributed by atoms with Crippen LogP contribution in [0.25, 0.3) is 10.4 Å². The standard InChI is InChI=1S/C14H14ClNO2S/c1-9(17)8-16-14(18)13-7-6-12(19-13)10-2-4-11(15)5-3-10/h2-7,9,17H,8H2,1H3,(H,16,18). The monoisotopic (exact) mass is 295 g/mol. The molecule has 0 radical (unpaired) electrons. The fraction of sp³-hybridized carbons (Fsp3) is 0.214. The normalized spacial score (nSPS) is 12.2. The Bertz CT molecular complexity index is 563. The first-order valence-electron chi connectivity index (χ1n) is 5.88. The van der Waals surface area contributed by atoms with E-state index in [0.717, 1.165) is 10.4 Å². The van der Waals surface area contributed by atoms with Crippen molar-refractivity contribution < 1.29 is 9.90 Å². The van der Waals surface area contributed by atoms with Gasteiger partial charge in [-0.15, -0.1) is 11.3 Å². The topological polar surface area (TPSA) is 49.3 Å². The lowest BCUT2D eigenvalue weighted by atomic mass is 10.2. The molecular weight excluding hydrogens is 282 g/mol. The number of thiophene rings is 1. The van der Waals surface area contributed by atoms with Crippen molar-refractivity contribution in [3.05, 3.63) is 46.3 Å². The summed E-state index contributed by atoms with van der Waals surface area (Å²) in [5, 5.41) is 12.5. The number of benzene rings is 1. The van der Waals surface area contributed by atoms with Gasteiger partial charge in [0.25, 0.3) is 5.91 Å². The molecule has 0 spiro atoms. The van der Waals surface area contributed by atoms with Crippen molar-refractivity contribution in [3.8, 4) is 10.4 Å². The molecule has 2 N–H and O–H groups in total. The molecule has 1 heterocycles. The largest absolute Gasteiger partial charge is 0.392 e. The molecule has 1 amide bonds. The first kappa shape index (κ1) is 14.1. The van der Waals surface area contributed by atoms with Crippen LogP contribution in [0.5, 0.6) is 0 Å². The van der Waals surface area contributed by atoms with Crippen LogP contribution >= 0.6 is 22.9 Å². The van der Waals surface area contributed by atoms with E-state index in [1.807, 2.05) is 30.3 Å². The van der Waals surface area contributed by atoms with E-state index in [1.54, 1.807) is 13.0 Å². The Kier molecular flexibility index (Phi) is 4.58. The van der Waals surface area contributed by atoms with E-state index in [4.69, 9.17) is 16.7 Å². The van der Waals surface area contributed by atoms with Gasteiger partial charge >= 0.3 is 0 Å². The number of amides is 1. The highest BCUT2D eigenvalue weighted by atomic mass is 35.5. The highest BCUT2D eigenvalue weighted by Crippen LogP contribution is 2.28. The quantitative estimate of drug-likeness (QED) is 0.910. The van der Waals surface area contributed by atoms with E-state index in [1.165, 1.54) is 11.3 Å². The number of carbonyl (C=O) groups is 1. The zero-order chi connectivity index (χ0) is 13.8. The highest BCUT2D eigenvalue weighted by Gasteiger charge is 2.10. The second-order valence-electron chi connectivity index (χ2n) is 4.23. The van der Waals surface area contributed by atoms with Crippen molar-refractivity contribution in [1.82, 2.24) is 5.32 Å². The highest BCUT2D eigenvalue weighted by molar-refractivity contribution is 7.17. The Morgan fingerprint density at radius 3 is 2.63 bits per heavy atom. The molecular formula is C14H14ClNO2S. The zero-order valence-corrected chi connectivity index (χ0v) is 12.0. The molecule has 0 saturated heterocycles. The molecule has 2 rings (SSSR count). The van der Waals surface area contributed by atoms with Crippen LogP contribution < -0.4 is 5.32 Å². The van der Waals surface area contributed by atoms with Crippen LogP contribution in [0.15, 0.2) is 36.4 Å². The SMILES string of the molecule is CC(O)CNC(=O)c1ccc(-c2ccc(Cl)cc2)s1. The predicted octanol–water partition coefficient (Wildman–Crippen LogP) is 3.18. The van der Waals surface area contributed by atoms with Crippen LogP contribution in [0.4, 0.5) is 0 Å². The summed E-state index contributed by atoms with van der Waals surface area (Å²) in [6.07, 6.45) is -0.542. The molecule has 1 aromatic carbocycles. The minimum atomic E-state index is -0.542. The van der Waals surface area contributed by atoms with Gasteiger partial charge in [0.1, 0.15) is 0 Å². The molecule has 1 unspecified atom stereocenters. The van der Waals surface area contributed by atoms with Gasteiger partial charge in [0, 0.05) is 16.4 Å². The number of hydrogen-bond donors (Lipinski definition) is 2. The van der Waals surface area contributed by atoms with Crippen molar-refractivity contribution in [2.24, 2.45) is 0 Å². The fourth-order valence-corrected chi connectivity index (χ4v) is 2.61. The number of halogens is 1. The molecule has 100 valence electrons. The van der Waals surface area contributed by atoms with E-state index < -0.39 is 6.10 Å². The molecule has 1 aromatic heterocycles. The van der Waals surface area contributed by atoms with Crippen LogP contribution in [0.2, 0.25) is 5.02 Å². The van der Waals surface area contributed by atoms with Crippen molar-refractivity contribution in [2.75, 3.05) is 6.54 Å². The van der Waals surface area contributed by atoms with E-state index in [0.29, 0.717) is 9.90 Å². The smallest absolute Gasteiger partial charge is 0.261 e. The third kappa shape index (κ3) is 3.80. The molecule has 2 aromatic rings. The molecule has 0 aliphatic carbocycles. The van der Waals surface area contributed by atoms with Gasteiger partial charge < -0.3 is 10.4 Å². The van der Waals surface area contributed by atoms with Gasteiger partial charge in [0.2, 0.25) is 0 Å². The van der Waals surface area contributed by atoms with E-state index in [-0.39, 0.29) is 12.5 Å². The second-order valence-corrected chi connectivity index (χ2v) is 5.75. The summed E-state index contributed by atoms with van der Waals surface area (Å²) in [6.45, 7) is 1.89.